The second kappa shape index (κ2) is 24.0. The Hall–Kier alpha value is -5.47. The number of esters is 1. The molecule has 15 heteroatoms. The van der Waals surface area contributed by atoms with Crippen LogP contribution in [0.2, 0.25) is 0 Å². The lowest BCUT2D eigenvalue weighted by atomic mass is 9.86. The number of Topliss-reactive ketones (excluding diaryl/α,β-unsaturated/α-hetero) is 1. The number of hydrogen-bond donors (Lipinski definition) is 4. The maximum absolute atomic E-state index is 14.5. The molecule has 1 aliphatic heterocycles. The third kappa shape index (κ3) is 17.2. The fourth-order valence-electron chi connectivity index (χ4n) is 7.67. The Morgan fingerprint density at radius 3 is 1.91 bits per heavy atom. The Morgan fingerprint density at radius 2 is 1.33 bits per heavy atom. The van der Waals surface area contributed by atoms with Gasteiger partial charge in [0.25, 0.3) is 0 Å². The molecule has 2 aromatic rings. The topological polar surface area (TPSA) is 199 Å². The Labute approximate surface area is 379 Å². The van der Waals surface area contributed by atoms with E-state index in [1.165, 1.54) is 12.0 Å². The van der Waals surface area contributed by atoms with Gasteiger partial charge in [0.1, 0.15) is 17.2 Å². The summed E-state index contributed by atoms with van der Waals surface area (Å²) in [5.74, 6) is -3.79. The van der Waals surface area contributed by atoms with Gasteiger partial charge in [-0.15, -0.1) is 0 Å². The van der Waals surface area contributed by atoms with Crippen molar-refractivity contribution in [1.29, 1.82) is 0 Å². The highest BCUT2D eigenvalue weighted by Gasteiger charge is 2.50. The molecule has 0 radical (unpaired) electrons. The summed E-state index contributed by atoms with van der Waals surface area (Å²) in [5.41, 5.74) is -1.29. The highest BCUT2D eigenvalue weighted by molar-refractivity contribution is 5.95. The SMILES string of the molecule is COC(=O)C1(NC(=O)OC(C)(C)C)CCN(C(=O)[C@@H](CCCCNC(=O)OC(C)(C)C)NC(=O)[C@H](CC(=O)[C@@H](Cc2ccccc2)NC(=O)[C@H](C)[C@H](C)c2ccccc2)CC(C)C)C1. The average Bonchev–Trinajstić information content (AvgIpc) is 3.65. The van der Waals surface area contributed by atoms with Crippen LogP contribution in [-0.2, 0) is 44.6 Å². The van der Waals surface area contributed by atoms with E-state index < -0.39 is 70.6 Å². The van der Waals surface area contributed by atoms with Crippen LogP contribution in [0.1, 0.15) is 125 Å². The summed E-state index contributed by atoms with van der Waals surface area (Å²) in [6, 6.07) is 17.0. The number of rotatable bonds is 21. The van der Waals surface area contributed by atoms with E-state index in [-0.39, 0.29) is 68.8 Å². The molecule has 1 fully saturated rings. The zero-order valence-electron chi connectivity index (χ0n) is 39.8. The molecule has 64 heavy (non-hydrogen) atoms. The van der Waals surface area contributed by atoms with Crippen LogP contribution in [0.3, 0.4) is 0 Å². The number of amides is 5. The highest BCUT2D eigenvalue weighted by Crippen LogP contribution is 2.27. The Balaban J connectivity index is 1.88. The van der Waals surface area contributed by atoms with Gasteiger partial charge in [-0.3, -0.25) is 19.2 Å². The van der Waals surface area contributed by atoms with Crippen molar-refractivity contribution in [3.63, 3.8) is 0 Å². The summed E-state index contributed by atoms with van der Waals surface area (Å²) in [7, 11) is 1.19. The third-order valence-electron chi connectivity index (χ3n) is 11.2. The standard InChI is InChI=1S/C49H73N5O10/c1-32(2)28-37(30-40(55)39(29-35-20-14-12-15-21-35)52-41(56)34(4)33(3)36-22-16-13-17-23-36)42(57)51-38(24-18-19-26-50-45(60)63-47(5,6)7)43(58)54-27-25-49(31-54,44(59)62-11)53-46(61)64-48(8,9)10/h12-17,20-23,32-34,37-39H,18-19,24-31H2,1-11H3,(H,50,60)(H,51,57)(H,52,56)(H,53,61)/t33-,34+,37-,38+,39+,49?/m0/s1. The van der Waals surface area contributed by atoms with Gasteiger partial charge in [-0.1, -0.05) is 88.4 Å². The lowest BCUT2D eigenvalue weighted by Gasteiger charge is -2.31. The van der Waals surface area contributed by atoms with E-state index in [2.05, 4.69) is 21.3 Å². The minimum atomic E-state index is -1.60. The first-order valence-corrected chi connectivity index (χ1v) is 22.5. The molecule has 2 aromatic carbocycles. The van der Waals surface area contributed by atoms with E-state index in [1.54, 1.807) is 41.5 Å². The molecule has 6 atom stereocenters. The van der Waals surface area contributed by atoms with Gasteiger partial charge in [-0.2, -0.15) is 0 Å². The van der Waals surface area contributed by atoms with Crippen molar-refractivity contribution in [3.05, 3.63) is 71.8 Å². The van der Waals surface area contributed by atoms with Gasteiger partial charge in [0.15, 0.2) is 11.3 Å². The van der Waals surface area contributed by atoms with Crippen LogP contribution < -0.4 is 21.3 Å². The molecule has 15 nitrogen and oxygen atoms in total. The normalized spacial score (nSPS) is 17.5. The van der Waals surface area contributed by atoms with Gasteiger partial charge in [0, 0.05) is 37.8 Å². The first-order chi connectivity index (χ1) is 29.9. The number of benzene rings is 2. The van der Waals surface area contributed by atoms with Gasteiger partial charge in [-0.05, 0) is 96.6 Å². The van der Waals surface area contributed by atoms with Crippen molar-refractivity contribution in [3.8, 4) is 0 Å². The highest BCUT2D eigenvalue weighted by atomic mass is 16.6. The number of methoxy groups -OCH3 is 1. The monoisotopic (exact) mass is 892 g/mol. The number of hydrogen-bond acceptors (Lipinski definition) is 10. The third-order valence-corrected chi connectivity index (χ3v) is 11.2. The molecule has 0 saturated carbocycles. The fraction of sp³-hybridized carbons (Fsp3) is 0.612. The number of alkyl carbamates (subject to hydrolysis) is 2. The van der Waals surface area contributed by atoms with Crippen LogP contribution >= 0.6 is 0 Å². The fourth-order valence-corrected chi connectivity index (χ4v) is 7.67. The van der Waals surface area contributed by atoms with Crippen LogP contribution in [0, 0.1) is 17.8 Å². The van der Waals surface area contributed by atoms with Crippen LogP contribution in [0.5, 0.6) is 0 Å². The van der Waals surface area contributed by atoms with Gasteiger partial charge in [-0.25, -0.2) is 14.4 Å². The second-order valence-corrected chi connectivity index (χ2v) is 19.4. The first kappa shape index (κ1) is 52.9. The number of ketones is 1. The van der Waals surface area contributed by atoms with E-state index >= 15 is 0 Å². The van der Waals surface area contributed by atoms with E-state index in [9.17, 15) is 33.6 Å². The Bertz CT molecular complexity index is 1880. The zero-order valence-corrected chi connectivity index (χ0v) is 39.8. The number of nitrogens with one attached hydrogen (secondary N) is 4. The number of ether oxygens (including phenoxy) is 3. The molecule has 5 amide bonds. The zero-order chi connectivity index (χ0) is 47.8. The second-order valence-electron chi connectivity index (χ2n) is 19.4. The van der Waals surface area contributed by atoms with Crippen molar-refractivity contribution in [1.82, 2.24) is 26.2 Å². The molecule has 0 bridgehead atoms. The molecule has 0 aromatic heterocycles. The summed E-state index contributed by atoms with van der Waals surface area (Å²) in [6.07, 6.45) is -0.0380. The molecule has 1 aliphatic rings. The average molecular weight is 892 g/mol. The summed E-state index contributed by atoms with van der Waals surface area (Å²) >= 11 is 0. The minimum absolute atomic E-state index is 0.0104. The van der Waals surface area contributed by atoms with Crippen LogP contribution in [-0.4, -0.2) is 102 Å². The van der Waals surface area contributed by atoms with E-state index in [0.717, 1.165) is 11.1 Å². The molecule has 0 aliphatic carbocycles. The summed E-state index contributed by atoms with van der Waals surface area (Å²) in [5, 5.41) is 11.3. The van der Waals surface area contributed by atoms with Gasteiger partial charge >= 0.3 is 18.2 Å². The molecule has 0 spiro atoms. The first-order valence-electron chi connectivity index (χ1n) is 22.5. The van der Waals surface area contributed by atoms with Gasteiger partial charge in [0.2, 0.25) is 17.7 Å². The molecule has 3 rings (SSSR count). The largest absolute Gasteiger partial charge is 0.467 e. The molecular weight excluding hydrogens is 819 g/mol. The lowest BCUT2D eigenvalue weighted by molar-refractivity contribution is -0.148. The number of carbonyl (C=O) groups is 7. The predicted octanol–water partition coefficient (Wildman–Crippen LogP) is 6.62. The molecule has 1 saturated heterocycles. The number of likely N-dealkylation sites (tertiary alicyclic amines) is 1. The number of carbonyl (C=O) groups excluding carboxylic acids is 7. The van der Waals surface area contributed by atoms with E-state index in [0.29, 0.717) is 19.3 Å². The number of nitrogens with zero attached hydrogens (tertiary/aromatic N) is 1. The maximum Gasteiger partial charge on any atom is 0.408 e. The van der Waals surface area contributed by atoms with Crippen molar-refractivity contribution in [2.45, 2.75) is 149 Å². The van der Waals surface area contributed by atoms with Gasteiger partial charge in [0.05, 0.1) is 19.7 Å². The van der Waals surface area contributed by atoms with Crippen LogP contribution in [0.4, 0.5) is 9.59 Å². The molecular formula is C49H73N5O10. The smallest absolute Gasteiger partial charge is 0.408 e. The maximum atomic E-state index is 14.5. The predicted molar refractivity (Wildman–Crippen MR) is 244 cm³/mol. The summed E-state index contributed by atoms with van der Waals surface area (Å²) in [4.78, 5) is 96.9. The van der Waals surface area contributed by atoms with Crippen molar-refractivity contribution >= 4 is 41.7 Å². The van der Waals surface area contributed by atoms with Crippen LogP contribution in [0.25, 0.3) is 0 Å². The Kier molecular flexibility index (Phi) is 19.8. The van der Waals surface area contributed by atoms with Crippen LogP contribution in [0.15, 0.2) is 60.7 Å². The summed E-state index contributed by atoms with van der Waals surface area (Å²) in [6.45, 7) is 18.1. The lowest BCUT2D eigenvalue weighted by Crippen LogP contribution is -2.59. The molecule has 354 valence electrons. The van der Waals surface area contributed by atoms with Crippen molar-refractivity contribution in [2.75, 3.05) is 26.7 Å². The quantitative estimate of drug-likeness (QED) is 0.0600. The Morgan fingerprint density at radius 1 is 0.750 bits per heavy atom. The summed E-state index contributed by atoms with van der Waals surface area (Å²) < 4.78 is 15.8. The van der Waals surface area contributed by atoms with Gasteiger partial charge < -0.3 is 40.4 Å². The van der Waals surface area contributed by atoms with E-state index in [4.69, 9.17) is 14.2 Å². The molecule has 4 N–H and O–H groups in total. The van der Waals surface area contributed by atoms with E-state index in [1.807, 2.05) is 88.4 Å². The molecule has 1 unspecified atom stereocenters. The van der Waals surface area contributed by atoms with Crippen molar-refractivity contribution < 1.29 is 47.8 Å². The number of unbranched alkanes of at least 4 members (excludes halogenated alkanes) is 1. The minimum Gasteiger partial charge on any atom is -0.467 e. The molecule has 1 heterocycles. The van der Waals surface area contributed by atoms with Crippen molar-refractivity contribution in [2.24, 2.45) is 17.8 Å².